The number of aromatic nitrogens is 2. The Labute approximate surface area is 167 Å². The standard InChI is InChI=1S/C4H7N2O3P.C3H10NO3P.C2H5NO2.CH5O4P/c1-9-10(7,8)6-3-2-5-4-6;1-3-4-8(5,6)7-2;3-1-2(4)5;1-5-6(2,3)4/h2-4H,1H3,(H,7,8);3H2,1-2H3,(H2,4,5,6);1,3H2,(H,4,5);1H3,(H2,2,3,4)/p-1. The number of imidazole rings is 1. The number of rotatable bonds is 7. The molecule has 174 valence electrons. The fourth-order valence-corrected chi connectivity index (χ4v) is 1.90. The first-order chi connectivity index (χ1) is 13.1. The van der Waals surface area contributed by atoms with Gasteiger partial charge in [-0.2, -0.15) is 0 Å². The SMILES string of the molecule is CCNP(=O)(O)OC.COP(=O)(O)n1ccnc1.COP(=O)([O-])O.NCC(=O)O. The average molecular weight is 487 g/mol. The first-order valence-electron chi connectivity index (χ1n) is 7.14. The van der Waals surface area contributed by atoms with Crippen LogP contribution in [-0.4, -0.2) is 69.5 Å². The molecule has 0 spiro atoms. The summed E-state index contributed by atoms with van der Waals surface area (Å²) in [4.78, 5) is 47.3. The van der Waals surface area contributed by atoms with E-state index in [0.29, 0.717) is 6.54 Å². The maximum absolute atomic E-state index is 10.9. The normalized spacial score (nSPS) is 16.0. The number of phosphoric ester groups is 1. The quantitative estimate of drug-likeness (QED) is 0.251. The summed E-state index contributed by atoms with van der Waals surface area (Å²) in [5.41, 5.74) is 4.57. The molecule has 1 aromatic rings. The second-order valence-electron chi connectivity index (χ2n) is 4.08. The molecule has 0 saturated heterocycles. The molecule has 1 heterocycles. The summed E-state index contributed by atoms with van der Waals surface area (Å²) < 4.78 is 43.7. The van der Waals surface area contributed by atoms with Crippen LogP contribution in [0.1, 0.15) is 6.92 Å². The molecule has 0 bridgehead atoms. The van der Waals surface area contributed by atoms with Gasteiger partial charge >= 0.3 is 21.5 Å². The Morgan fingerprint density at radius 1 is 1.17 bits per heavy atom. The molecule has 0 aliphatic heterocycles. The van der Waals surface area contributed by atoms with E-state index < -0.39 is 29.3 Å². The monoisotopic (exact) mass is 487 g/mol. The van der Waals surface area contributed by atoms with Crippen LogP contribution >= 0.6 is 23.3 Å². The summed E-state index contributed by atoms with van der Waals surface area (Å²) in [7, 11) is -8.21. The van der Waals surface area contributed by atoms with Crippen molar-refractivity contribution >= 4 is 29.3 Å². The molecular weight excluding hydrogens is 461 g/mol. The lowest BCUT2D eigenvalue weighted by atomic mass is 10.7. The number of carbonyl (C=O) groups is 1. The largest absolute Gasteiger partial charge is 0.756 e. The predicted octanol–water partition coefficient (Wildman–Crippen LogP) is -1.06. The smallest absolute Gasteiger partial charge is 0.437 e. The summed E-state index contributed by atoms with van der Waals surface area (Å²) in [5, 5.41) is 9.86. The van der Waals surface area contributed by atoms with E-state index in [-0.39, 0.29) is 6.54 Å². The van der Waals surface area contributed by atoms with E-state index in [1.54, 1.807) is 6.92 Å². The van der Waals surface area contributed by atoms with Crippen molar-refractivity contribution in [3.63, 3.8) is 0 Å². The molecule has 29 heavy (non-hydrogen) atoms. The summed E-state index contributed by atoms with van der Waals surface area (Å²) in [6.45, 7) is 1.88. The topological polar surface area (TPSA) is 256 Å². The van der Waals surface area contributed by atoms with Gasteiger partial charge in [-0.05, 0) is 0 Å². The highest BCUT2D eigenvalue weighted by Gasteiger charge is 2.18. The molecule has 1 rings (SSSR count). The Bertz CT molecular complexity index is 679. The van der Waals surface area contributed by atoms with Crippen molar-refractivity contribution in [3.8, 4) is 0 Å². The molecule has 0 aliphatic rings. The van der Waals surface area contributed by atoms with Crippen LogP contribution in [0.3, 0.4) is 0 Å². The summed E-state index contributed by atoms with van der Waals surface area (Å²) in [5.74, 6) is -0.968. The zero-order chi connectivity index (χ0) is 23.7. The van der Waals surface area contributed by atoms with Crippen LogP contribution in [0.4, 0.5) is 0 Å². The number of nitrogens with zero attached hydrogens (tertiary/aromatic N) is 2. The second kappa shape index (κ2) is 16.8. The molecule has 0 aliphatic carbocycles. The number of carboxylic acid groups (broad SMARTS) is 1. The molecular formula is C10H26N4O12P3-. The van der Waals surface area contributed by atoms with E-state index in [9.17, 15) is 23.4 Å². The Morgan fingerprint density at radius 3 is 1.79 bits per heavy atom. The number of phosphoric acid groups is 1. The van der Waals surface area contributed by atoms with Crippen molar-refractivity contribution in [1.29, 1.82) is 0 Å². The molecule has 16 nitrogen and oxygen atoms in total. The van der Waals surface area contributed by atoms with Crippen molar-refractivity contribution in [1.82, 2.24) is 14.4 Å². The van der Waals surface area contributed by atoms with Gasteiger partial charge in [-0.25, -0.2) is 23.5 Å². The zero-order valence-electron chi connectivity index (χ0n) is 16.0. The van der Waals surface area contributed by atoms with E-state index in [1.807, 2.05) is 0 Å². The Kier molecular flexibility index (Phi) is 18.9. The molecule has 0 radical (unpaired) electrons. The van der Waals surface area contributed by atoms with Crippen LogP contribution < -0.4 is 15.7 Å². The third-order valence-electron chi connectivity index (χ3n) is 2.03. The van der Waals surface area contributed by atoms with Gasteiger partial charge in [0.15, 0.2) is 0 Å². The number of nitrogens with one attached hydrogen (secondary N) is 1. The lowest BCUT2D eigenvalue weighted by molar-refractivity contribution is -0.217. The van der Waals surface area contributed by atoms with Gasteiger partial charge in [-0.1, -0.05) is 6.92 Å². The summed E-state index contributed by atoms with van der Waals surface area (Å²) in [6, 6.07) is 0. The van der Waals surface area contributed by atoms with Crippen molar-refractivity contribution in [2.45, 2.75) is 6.92 Å². The Morgan fingerprint density at radius 2 is 1.62 bits per heavy atom. The van der Waals surface area contributed by atoms with Crippen molar-refractivity contribution in [2.24, 2.45) is 5.73 Å². The Balaban J connectivity index is -0.000000323. The van der Waals surface area contributed by atoms with Gasteiger partial charge in [-0.15, -0.1) is 0 Å². The molecule has 0 saturated carbocycles. The minimum Gasteiger partial charge on any atom is -0.756 e. The minimum atomic E-state index is -4.40. The highest BCUT2D eigenvalue weighted by atomic mass is 31.2. The van der Waals surface area contributed by atoms with Crippen molar-refractivity contribution in [2.75, 3.05) is 34.4 Å². The highest BCUT2D eigenvalue weighted by molar-refractivity contribution is 7.51. The summed E-state index contributed by atoms with van der Waals surface area (Å²) >= 11 is 0. The first-order valence-corrected chi connectivity index (χ1v) is 11.7. The molecule has 0 amide bonds. The fourth-order valence-electron chi connectivity index (χ4n) is 0.760. The third kappa shape index (κ3) is 23.2. The lowest BCUT2D eigenvalue weighted by Crippen LogP contribution is -2.10. The number of hydrogen-bond donors (Lipinski definition) is 6. The van der Waals surface area contributed by atoms with Crippen LogP contribution in [0.5, 0.6) is 0 Å². The van der Waals surface area contributed by atoms with Crippen LogP contribution in [0.25, 0.3) is 0 Å². The van der Waals surface area contributed by atoms with E-state index in [4.69, 9.17) is 19.8 Å². The number of carboxylic acids is 1. The molecule has 3 unspecified atom stereocenters. The van der Waals surface area contributed by atoms with E-state index in [1.165, 1.54) is 32.9 Å². The molecule has 1 aromatic heterocycles. The molecule has 0 fully saturated rings. The second-order valence-corrected chi connectivity index (χ2v) is 8.91. The van der Waals surface area contributed by atoms with Crippen LogP contribution in [0, 0.1) is 0 Å². The van der Waals surface area contributed by atoms with Gasteiger partial charge in [0, 0.05) is 40.3 Å². The lowest BCUT2D eigenvalue weighted by Gasteiger charge is -2.09. The van der Waals surface area contributed by atoms with E-state index in [0.717, 1.165) is 11.4 Å². The van der Waals surface area contributed by atoms with Gasteiger partial charge in [-0.3, -0.25) is 13.9 Å². The third-order valence-corrected chi connectivity index (χ3v) is 5.00. The van der Waals surface area contributed by atoms with Crippen molar-refractivity contribution in [3.05, 3.63) is 18.7 Å². The van der Waals surface area contributed by atoms with Gasteiger partial charge in [0.2, 0.25) is 0 Å². The first kappa shape index (κ1) is 32.7. The van der Waals surface area contributed by atoms with Gasteiger partial charge in [0.25, 0.3) is 7.82 Å². The fraction of sp³-hybridized carbons (Fsp3) is 0.600. The maximum atomic E-state index is 10.9. The van der Waals surface area contributed by atoms with Crippen molar-refractivity contribution < 1.29 is 56.7 Å². The van der Waals surface area contributed by atoms with Gasteiger partial charge < -0.3 is 39.5 Å². The van der Waals surface area contributed by atoms with Crippen LogP contribution in [-0.2, 0) is 32.1 Å². The zero-order valence-corrected chi connectivity index (χ0v) is 18.7. The number of aliphatic carboxylic acids is 1. The minimum absolute atomic E-state index is 0.278. The molecule has 7 N–H and O–H groups in total. The van der Waals surface area contributed by atoms with Gasteiger partial charge in [0.05, 0.1) is 6.54 Å². The van der Waals surface area contributed by atoms with E-state index in [2.05, 4.69) is 29.4 Å². The predicted molar refractivity (Wildman–Crippen MR) is 98.5 cm³/mol. The van der Waals surface area contributed by atoms with Gasteiger partial charge in [0.1, 0.15) is 6.33 Å². The number of hydrogen-bond acceptors (Lipinski definition) is 10. The maximum Gasteiger partial charge on any atom is 0.437 e. The van der Waals surface area contributed by atoms with Crippen LogP contribution in [0.15, 0.2) is 18.7 Å². The van der Waals surface area contributed by atoms with Crippen LogP contribution in [0.2, 0.25) is 0 Å². The molecule has 0 aromatic carbocycles. The highest BCUT2D eigenvalue weighted by Crippen LogP contribution is 2.41. The Hall–Kier alpha value is -0.990. The average Bonchev–Trinajstić information content (AvgIpc) is 3.18. The molecule has 19 heteroatoms. The summed E-state index contributed by atoms with van der Waals surface area (Å²) in [6.07, 6.45) is 4.00. The van der Waals surface area contributed by atoms with E-state index >= 15 is 0 Å². The molecule has 3 atom stereocenters. The number of nitrogens with two attached hydrogens (primary N) is 1.